The Morgan fingerprint density at radius 1 is 1.44 bits per heavy atom. The number of rotatable bonds is 7. The van der Waals surface area contributed by atoms with Gasteiger partial charge >= 0.3 is 0 Å². The Balaban J connectivity index is 0.00000225. The van der Waals surface area contributed by atoms with E-state index in [2.05, 4.69) is 20.6 Å². The van der Waals surface area contributed by atoms with Gasteiger partial charge in [0.25, 0.3) is 5.56 Å². The van der Waals surface area contributed by atoms with E-state index in [4.69, 9.17) is 0 Å². The first-order chi connectivity index (χ1) is 11.6. The zero-order chi connectivity index (χ0) is 17.1. The number of nitrogens with one attached hydrogen (secondary N) is 3. The molecule has 25 heavy (non-hydrogen) atoms. The first-order valence-electron chi connectivity index (χ1n) is 8.13. The fourth-order valence-corrected chi connectivity index (χ4v) is 4.78. The van der Waals surface area contributed by atoms with Gasteiger partial charge in [-0.15, -0.1) is 35.5 Å². The number of thiophene rings is 1. The van der Waals surface area contributed by atoms with Crippen molar-refractivity contribution in [2.24, 2.45) is 0 Å². The van der Waals surface area contributed by atoms with E-state index in [0.717, 1.165) is 29.5 Å². The van der Waals surface area contributed by atoms with Crippen molar-refractivity contribution in [2.75, 3.05) is 19.3 Å². The highest BCUT2D eigenvalue weighted by Gasteiger charge is 2.21. The molecule has 1 aliphatic rings. The van der Waals surface area contributed by atoms with Gasteiger partial charge in [0.05, 0.1) is 16.9 Å². The summed E-state index contributed by atoms with van der Waals surface area (Å²) in [5, 5.41) is 6.72. The minimum atomic E-state index is -0.0395. The molecule has 1 aliphatic carbocycles. The van der Waals surface area contributed by atoms with Gasteiger partial charge in [0.15, 0.2) is 0 Å². The molecule has 3 rings (SSSR count). The van der Waals surface area contributed by atoms with Crippen molar-refractivity contribution < 1.29 is 4.79 Å². The molecule has 3 N–H and O–H groups in total. The van der Waals surface area contributed by atoms with Crippen molar-refractivity contribution >= 4 is 51.6 Å². The number of aromatic amines is 1. The van der Waals surface area contributed by atoms with Gasteiger partial charge in [0.1, 0.15) is 10.7 Å². The number of carbonyl (C=O) groups is 1. The first kappa shape index (κ1) is 20.2. The summed E-state index contributed by atoms with van der Waals surface area (Å²) in [6.45, 7) is 2.62. The molecule has 2 heterocycles. The Bertz CT molecular complexity index is 805. The van der Waals surface area contributed by atoms with E-state index in [1.165, 1.54) is 22.2 Å². The van der Waals surface area contributed by atoms with Crippen molar-refractivity contribution in [1.29, 1.82) is 0 Å². The SMILES string of the molecule is CNC(C)CNC(=O)CSCc1nc2sc3c(c2c(=O)[nH]1)CCC3.Cl. The van der Waals surface area contributed by atoms with Gasteiger partial charge in [-0.2, -0.15) is 0 Å². The van der Waals surface area contributed by atoms with E-state index in [1.807, 2.05) is 14.0 Å². The molecule has 0 fully saturated rings. The molecule has 2 aromatic rings. The van der Waals surface area contributed by atoms with E-state index in [-0.39, 0.29) is 29.9 Å². The van der Waals surface area contributed by atoms with Crippen LogP contribution < -0.4 is 16.2 Å². The number of nitrogens with zero attached hydrogens (tertiary/aromatic N) is 1. The summed E-state index contributed by atoms with van der Waals surface area (Å²) in [5.74, 6) is 1.54. The van der Waals surface area contributed by atoms with Crippen LogP contribution in [0.1, 0.15) is 29.6 Å². The number of likely N-dealkylation sites (N-methyl/N-ethyl adjacent to an activating group) is 1. The Hall–Kier alpha value is -1.09. The summed E-state index contributed by atoms with van der Waals surface area (Å²) in [6.07, 6.45) is 3.18. The first-order valence-corrected chi connectivity index (χ1v) is 10.1. The van der Waals surface area contributed by atoms with E-state index in [0.29, 0.717) is 23.9 Å². The van der Waals surface area contributed by atoms with Gasteiger partial charge in [0, 0.05) is 17.5 Å². The fraction of sp³-hybridized carbons (Fsp3) is 0.562. The minimum Gasteiger partial charge on any atom is -0.354 e. The molecule has 0 spiro atoms. The van der Waals surface area contributed by atoms with Crippen LogP contribution in [0.25, 0.3) is 10.2 Å². The van der Waals surface area contributed by atoms with Crippen LogP contribution in [0.2, 0.25) is 0 Å². The average Bonchev–Trinajstić information content (AvgIpc) is 3.12. The van der Waals surface area contributed by atoms with Gasteiger partial charge in [-0.05, 0) is 38.8 Å². The molecule has 1 amide bonds. The van der Waals surface area contributed by atoms with Gasteiger partial charge in [0.2, 0.25) is 5.91 Å². The molecule has 0 radical (unpaired) electrons. The topological polar surface area (TPSA) is 86.9 Å². The van der Waals surface area contributed by atoms with Gasteiger partial charge in [-0.1, -0.05) is 0 Å². The maximum atomic E-state index is 12.3. The number of aryl methyl sites for hydroxylation is 2. The third-order valence-corrected chi connectivity index (χ3v) is 6.32. The van der Waals surface area contributed by atoms with Crippen molar-refractivity contribution in [3.8, 4) is 0 Å². The number of H-pyrrole nitrogens is 1. The fourth-order valence-electron chi connectivity index (χ4n) is 2.78. The molecular weight excluding hydrogens is 380 g/mol. The second-order valence-corrected chi connectivity index (χ2v) is 8.11. The van der Waals surface area contributed by atoms with E-state index in [9.17, 15) is 9.59 Å². The number of carbonyl (C=O) groups excluding carboxylic acids is 1. The van der Waals surface area contributed by atoms with Gasteiger partial charge < -0.3 is 15.6 Å². The largest absolute Gasteiger partial charge is 0.354 e. The molecule has 0 saturated heterocycles. The Morgan fingerprint density at radius 2 is 2.24 bits per heavy atom. The molecule has 0 bridgehead atoms. The Morgan fingerprint density at radius 3 is 3.00 bits per heavy atom. The zero-order valence-corrected chi connectivity index (χ0v) is 16.8. The third-order valence-electron chi connectivity index (χ3n) is 4.19. The molecule has 0 aromatic carbocycles. The summed E-state index contributed by atoms with van der Waals surface area (Å²) in [4.78, 5) is 33.7. The number of hydrogen-bond donors (Lipinski definition) is 3. The number of halogens is 1. The highest BCUT2D eigenvalue weighted by atomic mass is 35.5. The van der Waals surface area contributed by atoms with Crippen molar-refractivity contribution in [3.63, 3.8) is 0 Å². The molecule has 138 valence electrons. The predicted molar refractivity (Wildman–Crippen MR) is 107 cm³/mol. The van der Waals surface area contributed by atoms with Crippen LogP contribution in [0.4, 0.5) is 0 Å². The van der Waals surface area contributed by atoms with Crippen LogP contribution in [0.15, 0.2) is 4.79 Å². The van der Waals surface area contributed by atoms with Crippen molar-refractivity contribution in [3.05, 3.63) is 26.6 Å². The monoisotopic (exact) mass is 402 g/mol. The Kier molecular flexibility index (Phi) is 7.30. The van der Waals surface area contributed by atoms with E-state index >= 15 is 0 Å². The highest BCUT2D eigenvalue weighted by Crippen LogP contribution is 2.34. The lowest BCUT2D eigenvalue weighted by atomic mass is 10.2. The zero-order valence-electron chi connectivity index (χ0n) is 14.3. The summed E-state index contributed by atoms with van der Waals surface area (Å²) in [5.41, 5.74) is 1.16. The summed E-state index contributed by atoms with van der Waals surface area (Å²) in [6, 6.07) is 0.250. The van der Waals surface area contributed by atoms with Crippen LogP contribution in [0, 0.1) is 0 Å². The standard InChI is InChI=1S/C16H22N4O2S2.ClH/c1-9(17-2)6-18-13(21)8-23-7-12-19-15(22)14-10-4-3-5-11(10)24-16(14)20-12;/h9,17H,3-8H2,1-2H3,(H,18,21)(H,19,20,22);1H. The third kappa shape index (κ3) is 4.75. The molecule has 1 unspecified atom stereocenters. The number of aromatic nitrogens is 2. The lowest BCUT2D eigenvalue weighted by Crippen LogP contribution is -2.37. The maximum Gasteiger partial charge on any atom is 0.259 e. The predicted octanol–water partition coefficient (Wildman–Crippen LogP) is 1.85. The molecule has 1 atom stereocenters. The van der Waals surface area contributed by atoms with E-state index < -0.39 is 0 Å². The second-order valence-electron chi connectivity index (χ2n) is 6.04. The average molecular weight is 403 g/mol. The lowest BCUT2D eigenvalue weighted by molar-refractivity contribution is -0.118. The normalized spacial score (nSPS) is 14.2. The smallest absolute Gasteiger partial charge is 0.259 e. The maximum absolute atomic E-state index is 12.3. The van der Waals surface area contributed by atoms with Gasteiger partial charge in [-0.3, -0.25) is 9.59 Å². The summed E-state index contributed by atoms with van der Waals surface area (Å²) in [7, 11) is 1.87. The number of thioether (sulfide) groups is 1. The molecule has 9 heteroatoms. The molecule has 0 aliphatic heterocycles. The van der Waals surface area contributed by atoms with Crippen molar-refractivity contribution in [2.45, 2.75) is 38.0 Å². The van der Waals surface area contributed by atoms with Crippen LogP contribution in [-0.2, 0) is 23.4 Å². The molecule has 0 saturated carbocycles. The van der Waals surface area contributed by atoms with Crippen LogP contribution in [-0.4, -0.2) is 41.3 Å². The van der Waals surface area contributed by atoms with Gasteiger partial charge in [-0.25, -0.2) is 4.98 Å². The number of amides is 1. The lowest BCUT2D eigenvalue weighted by Gasteiger charge is -2.11. The quantitative estimate of drug-likeness (QED) is 0.658. The number of fused-ring (bicyclic) bond motifs is 3. The van der Waals surface area contributed by atoms with Crippen LogP contribution in [0.3, 0.4) is 0 Å². The Labute approximate surface area is 161 Å². The number of hydrogen-bond acceptors (Lipinski definition) is 6. The van der Waals surface area contributed by atoms with Crippen LogP contribution >= 0.6 is 35.5 Å². The molecule has 2 aromatic heterocycles. The minimum absolute atomic E-state index is 0. The summed E-state index contributed by atoms with van der Waals surface area (Å²) < 4.78 is 0. The highest BCUT2D eigenvalue weighted by molar-refractivity contribution is 7.99. The van der Waals surface area contributed by atoms with Crippen molar-refractivity contribution in [1.82, 2.24) is 20.6 Å². The second kappa shape index (κ2) is 9.02. The summed E-state index contributed by atoms with van der Waals surface area (Å²) >= 11 is 3.10. The van der Waals surface area contributed by atoms with E-state index in [1.54, 1.807) is 11.3 Å². The molecular formula is C16H23ClN4O2S2. The molecule has 6 nitrogen and oxygen atoms in total. The van der Waals surface area contributed by atoms with Crippen LogP contribution in [0.5, 0.6) is 0 Å².